The van der Waals surface area contributed by atoms with E-state index in [0.717, 1.165) is 15.3 Å². The Morgan fingerprint density at radius 2 is 2.19 bits per heavy atom. The number of hydrogen-bond donors (Lipinski definition) is 2. The van der Waals surface area contributed by atoms with Gasteiger partial charge in [0.1, 0.15) is 12.0 Å². The summed E-state index contributed by atoms with van der Waals surface area (Å²) in [7, 11) is 0. The predicted molar refractivity (Wildman–Crippen MR) is 85.3 cm³/mol. The minimum atomic E-state index is 0.381. The first-order chi connectivity index (χ1) is 10.2. The number of anilines is 3. The molecule has 0 unspecified atom stereocenters. The van der Waals surface area contributed by atoms with Gasteiger partial charge in [-0.3, -0.25) is 0 Å². The molecule has 0 atom stereocenters. The Hall–Kier alpha value is -2.41. The van der Waals surface area contributed by atoms with Crippen LogP contribution in [0.1, 0.15) is 12.5 Å². The molecule has 6 nitrogen and oxygen atoms in total. The summed E-state index contributed by atoms with van der Waals surface area (Å²) in [4.78, 5) is 12.7. The Morgan fingerprint density at radius 1 is 1.33 bits per heavy atom. The minimum absolute atomic E-state index is 0.381. The number of aryl methyl sites for hydroxylation is 1. The molecule has 3 rings (SSSR count). The number of ether oxygens (including phenoxy) is 1. The number of fused-ring (bicyclic) bond motifs is 1. The number of nitrogens with one attached hydrogen (secondary N) is 1. The van der Waals surface area contributed by atoms with Crippen molar-refractivity contribution in [3.63, 3.8) is 0 Å². The molecule has 108 valence electrons. The predicted octanol–water partition coefficient (Wildman–Crippen LogP) is 3.12. The average molecular weight is 301 g/mol. The first-order valence-electron chi connectivity index (χ1n) is 6.55. The third-order valence-electron chi connectivity index (χ3n) is 2.90. The van der Waals surface area contributed by atoms with E-state index in [0.29, 0.717) is 24.0 Å². The highest BCUT2D eigenvalue weighted by Crippen LogP contribution is 2.32. The van der Waals surface area contributed by atoms with E-state index >= 15 is 0 Å². The second-order valence-corrected chi connectivity index (χ2v) is 5.52. The molecule has 0 radical (unpaired) electrons. The lowest BCUT2D eigenvalue weighted by Gasteiger charge is -2.08. The Kier molecular flexibility index (Phi) is 3.57. The van der Waals surface area contributed by atoms with Crippen LogP contribution in [-0.4, -0.2) is 21.6 Å². The van der Waals surface area contributed by atoms with Crippen molar-refractivity contribution < 1.29 is 4.74 Å². The Bertz CT molecular complexity index is 786. The molecule has 2 aromatic heterocycles. The fourth-order valence-electron chi connectivity index (χ4n) is 1.92. The van der Waals surface area contributed by atoms with Crippen molar-refractivity contribution in [3.05, 3.63) is 30.1 Å². The summed E-state index contributed by atoms with van der Waals surface area (Å²) < 4.78 is 6.48. The van der Waals surface area contributed by atoms with Crippen LogP contribution in [0.3, 0.4) is 0 Å². The first-order valence-corrected chi connectivity index (χ1v) is 7.36. The molecule has 0 amide bonds. The second kappa shape index (κ2) is 5.53. The maximum atomic E-state index is 6.00. The number of benzene rings is 1. The van der Waals surface area contributed by atoms with E-state index in [1.54, 1.807) is 11.3 Å². The maximum Gasteiger partial charge on any atom is 0.242 e. The van der Waals surface area contributed by atoms with Gasteiger partial charge in [0.05, 0.1) is 16.8 Å². The molecule has 3 aromatic rings. The topological polar surface area (TPSA) is 86.0 Å². The van der Waals surface area contributed by atoms with E-state index in [2.05, 4.69) is 33.3 Å². The Balaban J connectivity index is 1.93. The molecular formula is C14H15N5OS. The van der Waals surface area contributed by atoms with Gasteiger partial charge in [0.25, 0.3) is 0 Å². The van der Waals surface area contributed by atoms with E-state index in [-0.39, 0.29) is 0 Å². The first kappa shape index (κ1) is 13.6. The summed E-state index contributed by atoms with van der Waals surface area (Å²) in [5.74, 6) is 0.885. The highest BCUT2D eigenvalue weighted by Gasteiger charge is 2.11. The molecule has 0 saturated carbocycles. The zero-order valence-electron chi connectivity index (χ0n) is 11.8. The van der Waals surface area contributed by atoms with E-state index in [1.165, 1.54) is 11.9 Å². The number of nitrogen functional groups attached to an aromatic ring is 1. The van der Waals surface area contributed by atoms with Crippen molar-refractivity contribution >= 4 is 38.2 Å². The molecule has 2 heterocycles. The highest BCUT2D eigenvalue weighted by atomic mass is 32.1. The van der Waals surface area contributed by atoms with Gasteiger partial charge in [-0.05, 0) is 31.5 Å². The van der Waals surface area contributed by atoms with E-state index < -0.39 is 0 Å². The Labute approximate surface area is 126 Å². The van der Waals surface area contributed by atoms with Gasteiger partial charge >= 0.3 is 0 Å². The van der Waals surface area contributed by atoms with Crippen LogP contribution in [0.4, 0.5) is 16.6 Å². The number of aromatic nitrogens is 3. The Morgan fingerprint density at radius 3 is 3.00 bits per heavy atom. The van der Waals surface area contributed by atoms with Gasteiger partial charge in [-0.1, -0.05) is 17.4 Å². The molecule has 0 aliphatic heterocycles. The van der Waals surface area contributed by atoms with Crippen LogP contribution >= 0.6 is 11.3 Å². The molecule has 0 aliphatic rings. The van der Waals surface area contributed by atoms with Crippen molar-refractivity contribution in [2.24, 2.45) is 0 Å². The van der Waals surface area contributed by atoms with Crippen LogP contribution in [-0.2, 0) is 0 Å². The summed E-state index contributed by atoms with van der Waals surface area (Å²) in [6.45, 7) is 4.44. The normalized spacial score (nSPS) is 10.8. The van der Waals surface area contributed by atoms with E-state index in [9.17, 15) is 0 Å². The smallest absolute Gasteiger partial charge is 0.242 e. The molecule has 0 spiro atoms. The number of rotatable bonds is 4. The molecule has 0 bridgehead atoms. The highest BCUT2D eigenvalue weighted by molar-refractivity contribution is 7.22. The standard InChI is InChI=1S/C14H15N5OS/c1-3-20-13-11(15)12(16-7-17-13)19-14-18-9-5-4-8(2)6-10(9)21-14/h4-7H,3,15H2,1-2H3,(H,16,17,18,19). The van der Waals surface area contributed by atoms with Crippen LogP contribution in [0.25, 0.3) is 10.2 Å². The summed E-state index contributed by atoms with van der Waals surface area (Å²) in [5.41, 5.74) is 8.54. The van der Waals surface area contributed by atoms with Crippen LogP contribution in [0, 0.1) is 6.92 Å². The summed E-state index contributed by atoms with van der Waals surface area (Å²) >= 11 is 1.56. The van der Waals surface area contributed by atoms with Gasteiger partial charge in [-0.2, -0.15) is 4.98 Å². The minimum Gasteiger partial charge on any atom is -0.476 e. The zero-order chi connectivity index (χ0) is 14.8. The van der Waals surface area contributed by atoms with Crippen LogP contribution in [0.5, 0.6) is 5.88 Å². The monoisotopic (exact) mass is 301 g/mol. The van der Waals surface area contributed by atoms with Crippen molar-refractivity contribution in [1.29, 1.82) is 0 Å². The second-order valence-electron chi connectivity index (χ2n) is 4.49. The number of nitrogens with zero attached hydrogens (tertiary/aromatic N) is 3. The number of hydrogen-bond acceptors (Lipinski definition) is 7. The number of nitrogens with two attached hydrogens (primary N) is 1. The van der Waals surface area contributed by atoms with E-state index in [1.807, 2.05) is 19.1 Å². The van der Waals surface area contributed by atoms with Gasteiger partial charge in [-0.15, -0.1) is 0 Å². The van der Waals surface area contributed by atoms with Crippen LogP contribution < -0.4 is 15.8 Å². The van der Waals surface area contributed by atoms with Crippen molar-refractivity contribution in [3.8, 4) is 5.88 Å². The molecule has 21 heavy (non-hydrogen) atoms. The number of thiazole rings is 1. The van der Waals surface area contributed by atoms with Crippen molar-refractivity contribution in [2.45, 2.75) is 13.8 Å². The average Bonchev–Trinajstić information content (AvgIpc) is 2.85. The van der Waals surface area contributed by atoms with Gasteiger partial charge in [0.15, 0.2) is 10.9 Å². The van der Waals surface area contributed by atoms with Crippen LogP contribution in [0.15, 0.2) is 24.5 Å². The summed E-state index contributed by atoms with van der Waals surface area (Å²) in [6, 6.07) is 6.15. The zero-order valence-corrected chi connectivity index (χ0v) is 12.6. The van der Waals surface area contributed by atoms with Gasteiger partial charge < -0.3 is 15.8 Å². The quantitative estimate of drug-likeness (QED) is 0.770. The van der Waals surface area contributed by atoms with Gasteiger partial charge in [0.2, 0.25) is 5.88 Å². The molecule has 3 N–H and O–H groups in total. The molecule has 1 aromatic carbocycles. The van der Waals surface area contributed by atoms with E-state index in [4.69, 9.17) is 10.5 Å². The van der Waals surface area contributed by atoms with Crippen LogP contribution in [0.2, 0.25) is 0 Å². The van der Waals surface area contributed by atoms with Crippen molar-refractivity contribution in [2.75, 3.05) is 17.7 Å². The molecule has 0 aliphatic carbocycles. The third kappa shape index (κ3) is 2.73. The van der Waals surface area contributed by atoms with Crippen molar-refractivity contribution in [1.82, 2.24) is 15.0 Å². The fourth-order valence-corrected chi connectivity index (χ4v) is 2.88. The van der Waals surface area contributed by atoms with Gasteiger partial charge in [0, 0.05) is 0 Å². The lowest BCUT2D eigenvalue weighted by molar-refractivity contribution is 0.328. The fraction of sp³-hybridized carbons (Fsp3) is 0.214. The molecule has 0 saturated heterocycles. The lowest BCUT2D eigenvalue weighted by Crippen LogP contribution is -2.04. The molecular weight excluding hydrogens is 286 g/mol. The summed E-state index contributed by atoms with van der Waals surface area (Å²) in [6.07, 6.45) is 1.42. The molecule has 7 heteroatoms. The third-order valence-corrected chi connectivity index (χ3v) is 3.83. The van der Waals surface area contributed by atoms with Gasteiger partial charge in [-0.25, -0.2) is 9.97 Å². The summed E-state index contributed by atoms with van der Waals surface area (Å²) in [5, 5.41) is 3.87. The maximum absolute atomic E-state index is 6.00. The largest absolute Gasteiger partial charge is 0.476 e. The SMILES string of the molecule is CCOc1ncnc(Nc2nc3ccc(C)cc3s2)c1N. The lowest BCUT2D eigenvalue weighted by atomic mass is 10.2. The molecule has 0 fully saturated rings.